The van der Waals surface area contributed by atoms with Gasteiger partial charge in [0.1, 0.15) is 5.75 Å². The van der Waals surface area contributed by atoms with Gasteiger partial charge in [-0.15, -0.1) is 0 Å². The van der Waals surface area contributed by atoms with E-state index in [1.807, 2.05) is 6.07 Å². The third-order valence-electron chi connectivity index (χ3n) is 4.24. The Labute approximate surface area is 158 Å². The molecule has 26 heavy (non-hydrogen) atoms. The Morgan fingerprint density at radius 3 is 2.54 bits per heavy atom. The number of anilines is 2. The fourth-order valence-electron chi connectivity index (χ4n) is 2.86. The fraction of sp³-hybridized carbons (Fsp3) is 0.333. The molecule has 0 bridgehead atoms. The normalized spacial score (nSPS) is 15.0. The van der Waals surface area contributed by atoms with E-state index >= 15 is 0 Å². The second-order valence-electron chi connectivity index (χ2n) is 6.00. The molecule has 1 aliphatic rings. The number of hydrogen-bond donors (Lipinski definition) is 1. The summed E-state index contributed by atoms with van der Waals surface area (Å²) in [6, 6.07) is 10.2. The van der Waals surface area contributed by atoms with Crippen molar-refractivity contribution in [3.05, 3.63) is 47.0 Å². The molecule has 0 aliphatic carbocycles. The van der Waals surface area contributed by atoms with Crippen molar-refractivity contribution in [3.8, 4) is 5.75 Å². The number of benzene rings is 2. The number of nitrogens with zero attached hydrogens (tertiary/aromatic N) is 1. The molecule has 1 saturated heterocycles. The van der Waals surface area contributed by atoms with Crippen molar-refractivity contribution in [3.63, 3.8) is 0 Å². The van der Waals surface area contributed by atoms with Gasteiger partial charge in [-0.2, -0.15) is 0 Å². The van der Waals surface area contributed by atoms with Crippen LogP contribution in [-0.4, -0.2) is 41.8 Å². The third-order valence-corrected chi connectivity index (χ3v) is 6.10. The first-order valence-electron chi connectivity index (χ1n) is 8.20. The Hall–Kier alpha value is -1.96. The lowest BCUT2D eigenvalue weighted by atomic mass is 10.2. The minimum atomic E-state index is -3.77. The summed E-state index contributed by atoms with van der Waals surface area (Å²) in [6.45, 7) is 4.53. The van der Waals surface area contributed by atoms with Crippen molar-refractivity contribution in [1.29, 1.82) is 0 Å². The highest BCUT2D eigenvalue weighted by Crippen LogP contribution is 2.31. The quantitative estimate of drug-likeness (QED) is 0.839. The number of rotatable bonds is 5. The molecule has 0 atom stereocenters. The number of morpholine rings is 1. The lowest BCUT2D eigenvalue weighted by Crippen LogP contribution is -2.36. The van der Waals surface area contributed by atoms with Crippen LogP contribution in [0.2, 0.25) is 5.02 Å². The molecular weight excluding hydrogens is 376 g/mol. The SMILES string of the molecule is COc1ccc(S(=O)(=O)Nc2cc(N3CCOCC3)ccc2Cl)c(C)c1. The molecule has 1 aliphatic heterocycles. The standard InChI is InChI=1S/C18H21ClN2O4S/c1-13-11-15(24-2)4-6-18(13)26(22,23)20-17-12-14(3-5-16(17)19)21-7-9-25-10-8-21/h3-6,11-12,20H,7-10H2,1-2H3. The van der Waals surface area contributed by atoms with E-state index in [4.69, 9.17) is 21.1 Å². The van der Waals surface area contributed by atoms with Gasteiger partial charge in [-0.05, 0) is 48.9 Å². The molecular formula is C18H21ClN2O4S. The van der Waals surface area contributed by atoms with E-state index in [9.17, 15) is 8.42 Å². The van der Waals surface area contributed by atoms with Crippen LogP contribution < -0.4 is 14.4 Å². The molecule has 0 saturated carbocycles. The Balaban J connectivity index is 1.89. The smallest absolute Gasteiger partial charge is 0.262 e. The van der Waals surface area contributed by atoms with Gasteiger partial charge in [0.15, 0.2) is 0 Å². The van der Waals surface area contributed by atoms with Crippen LogP contribution in [-0.2, 0) is 14.8 Å². The van der Waals surface area contributed by atoms with Gasteiger partial charge in [-0.1, -0.05) is 11.6 Å². The molecule has 0 radical (unpaired) electrons. The maximum absolute atomic E-state index is 12.8. The van der Waals surface area contributed by atoms with E-state index in [1.54, 1.807) is 31.2 Å². The Kier molecular flexibility index (Phi) is 5.60. The number of methoxy groups -OCH3 is 1. The van der Waals surface area contributed by atoms with Crippen molar-refractivity contribution < 1.29 is 17.9 Å². The van der Waals surface area contributed by atoms with Crippen molar-refractivity contribution in [2.75, 3.05) is 43.0 Å². The van der Waals surface area contributed by atoms with Crippen LogP contribution in [0, 0.1) is 6.92 Å². The van der Waals surface area contributed by atoms with E-state index in [2.05, 4.69) is 9.62 Å². The second kappa shape index (κ2) is 7.73. The van der Waals surface area contributed by atoms with Gasteiger partial charge in [0, 0.05) is 18.8 Å². The number of halogens is 1. The van der Waals surface area contributed by atoms with Crippen LogP contribution >= 0.6 is 11.6 Å². The van der Waals surface area contributed by atoms with Crippen LogP contribution in [0.4, 0.5) is 11.4 Å². The summed E-state index contributed by atoms with van der Waals surface area (Å²) in [6.07, 6.45) is 0. The first kappa shape index (κ1) is 18.8. The van der Waals surface area contributed by atoms with Crippen LogP contribution in [0.1, 0.15) is 5.56 Å². The van der Waals surface area contributed by atoms with Crippen LogP contribution in [0.3, 0.4) is 0 Å². The van der Waals surface area contributed by atoms with Gasteiger partial charge in [0.05, 0.1) is 35.9 Å². The van der Waals surface area contributed by atoms with Gasteiger partial charge < -0.3 is 14.4 Å². The van der Waals surface area contributed by atoms with Gasteiger partial charge >= 0.3 is 0 Å². The Morgan fingerprint density at radius 2 is 1.88 bits per heavy atom. The van der Waals surface area contributed by atoms with E-state index in [1.165, 1.54) is 13.2 Å². The number of ether oxygens (including phenoxy) is 2. The largest absolute Gasteiger partial charge is 0.497 e. The highest BCUT2D eigenvalue weighted by Gasteiger charge is 2.20. The summed E-state index contributed by atoms with van der Waals surface area (Å²) in [4.78, 5) is 2.32. The summed E-state index contributed by atoms with van der Waals surface area (Å²) in [7, 11) is -2.23. The van der Waals surface area contributed by atoms with Crippen molar-refractivity contribution >= 4 is 33.0 Å². The maximum Gasteiger partial charge on any atom is 0.262 e. The maximum atomic E-state index is 12.8. The predicted octanol–water partition coefficient (Wildman–Crippen LogP) is 3.29. The monoisotopic (exact) mass is 396 g/mol. The summed E-state index contributed by atoms with van der Waals surface area (Å²) < 4.78 is 38.7. The van der Waals surface area contributed by atoms with Crippen molar-refractivity contribution in [2.24, 2.45) is 0 Å². The summed E-state index contributed by atoms with van der Waals surface area (Å²) >= 11 is 6.23. The topological polar surface area (TPSA) is 67.9 Å². The molecule has 0 aromatic heterocycles. The molecule has 1 N–H and O–H groups in total. The highest BCUT2D eigenvalue weighted by atomic mass is 35.5. The second-order valence-corrected chi connectivity index (χ2v) is 8.06. The summed E-state index contributed by atoms with van der Waals surface area (Å²) in [5.41, 5.74) is 1.85. The van der Waals surface area contributed by atoms with Gasteiger partial charge in [-0.25, -0.2) is 8.42 Å². The zero-order chi connectivity index (χ0) is 18.7. The lowest BCUT2D eigenvalue weighted by Gasteiger charge is -2.29. The summed E-state index contributed by atoms with van der Waals surface area (Å²) in [5.74, 6) is 0.605. The first-order valence-corrected chi connectivity index (χ1v) is 10.1. The number of sulfonamides is 1. The van der Waals surface area contributed by atoms with Gasteiger partial charge in [0.25, 0.3) is 10.0 Å². The number of aryl methyl sites for hydroxylation is 1. The molecule has 3 rings (SSSR count). The molecule has 1 heterocycles. The molecule has 0 unspecified atom stereocenters. The molecule has 1 fully saturated rings. The van der Waals surface area contributed by atoms with E-state index < -0.39 is 10.0 Å². The van der Waals surface area contributed by atoms with Crippen LogP contribution in [0.15, 0.2) is 41.3 Å². The fourth-order valence-corrected chi connectivity index (χ4v) is 4.38. The Morgan fingerprint density at radius 1 is 1.15 bits per heavy atom. The van der Waals surface area contributed by atoms with E-state index in [0.29, 0.717) is 35.2 Å². The zero-order valence-corrected chi connectivity index (χ0v) is 16.2. The van der Waals surface area contributed by atoms with E-state index in [-0.39, 0.29) is 4.90 Å². The van der Waals surface area contributed by atoms with Crippen molar-refractivity contribution in [2.45, 2.75) is 11.8 Å². The Bertz CT molecular complexity index is 896. The molecule has 2 aromatic carbocycles. The third kappa shape index (κ3) is 4.06. The average molecular weight is 397 g/mol. The molecule has 0 amide bonds. The first-order chi connectivity index (χ1) is 12.4. The molecule has 8 heteroatoms. The number of nitrogens with one attached hydrogen (secondary N) is 1. The lowest BCUT2D eigenvalue weighted by molar-refractivity contribution is 0.122. The molecule has 2 aromatic rings. The van der Waals surface area contributed by atoms with Crippen LogP contribution in [0.5, 0.6) is 5.75 Å². The van der Waals surface area contributed by atoms with Crippen molar-refractivity contribution in [1.82, 2.24) is 0 Å². The highest BCUT2D eigenvalue weighted by molar-refractivity contribution is 7.92. The zero-order valence-electron chi connectivity index (χ0n) is 14.7. The molecule has 0 spiro atoms. The predicted molar refractivity (Wildman–Crippen MR) is 103 cm³/mol. The molecule has 140 valence electrons. The average Bonchev–Trinajstić information content (AvgIpc) is 2.63. The van der Waals surface area contributed by atoms with Gasteiger partial charge in [0.2, 0.25) is 0 Å². The summed E-state index contributed by atoms with van der Waals surface area (Å²) in [5, 5.41) is 0.344. The van der Waals surface area contributed by atoms with E-state index in [0.717, 1.165) is 18.8 Å². The molecule has 6 nitrogen and oxygen atoms in total. The number of hydrogen-bond acceptors (Lipinski definition) is 5. The van der Waals surface area contributed by atoms with Crippen LogP contribution in [0.25, 0.3) is 0 Å². The van der Waals surface area contributed by atoms with Gasteiger partial charge in [-0.3, -0.25) is 4.72 Å². The minimum absolute atomic E-state index is 0.186. The minimum Gasteiger partial charge on any atom is -0.497 e.